The Bertz CT molecular complexity index is 557. The summed E-state index contributed by atoms with van der Waals surface area (Å²) in [5, 5.41) is 3.62. The number of halogens is 4. The van der Waals surface area contributed by atoms with Gasteiger partial charge in [-0.05, 0) is 40.1 Å². The Hall–Kier alpha value is -1.24. The van der Waals surface area contributed by atoms with Crippen molar-refractivity contribution in [2.24, 2.45) is 5.73 Å². The van der Waals surface area contributed by atoms with Crippen LogP contribution in [0.2, 0.25) is 5.02 Å². The molecule has 0 spiro atoms. The lowest BCUT2D eigenvalue weighted by atomic mass is 10.0. The van der Waals surface area contributed by atoms with E-state index in [1.807, 2.05) is 16.8 Å². The highest BCUT2D eigenvalue weighted by Gasteiger charge is 2.32. The Morgan fingerprint density at radius 3 is 2.47 bits per heavy atom. The molecule has 7 heteroatoms. The first kappa shape index (κ1) is 14.2. The van der Waals surface area contributed by atoms with E-state index in [9.17, 15) is 13.2 Å². The van der Waals surface area contributed by atoms with Crippen LogP contribution < -0.4 is 10.5 Å². The van der Waals surface area contributed by atoms with E-state index in [0.29, 0.717) is 5.56 Å². The number of hydrogen-bond acceptors (Lipinski definition) is 3. The first-order valence-corrected chi connectivity index (χ1v) is 6.52. The summed E-state index contributed by atoms with van der Waals surface area (Å²) in [7, 11) is 0. The molecule has 0 aliphatic heterocycles. The Morgan fingerprint density at radius 2 is 1.95 bits per heavy atom. The maximum atomic E-state index is 12.1. The molecule has 0 saturated carbocycles. The number of nitrogens with two attached hydrogens (primary N) is 1. The standard InChI is InChI=1S/C12H9ClF3NOS/c13-9-5-7(11(17)8-3-4-19-6-8)1-2-10(9)18-12(14,15)16/h1-6,11H,17H2/t11-/m0/s1. The predicted octanol–water partition coefficient (Wildman–Crippen LogP) is 4.35. The fraction of sp³-hybridized carbons (Fsp3) is 0.167. The number of thiophene rings is 1. The van der Waals surface area contributed by atoms with Gasteiger partial charge >= 0.3 is 6.36 Å². The highest BCUT2D eigenvalue weighted by atomic mass is 35.5. The fourth-order valence-corrected chi connectivity index (χ4v) is 2.49. The first-order valence-electron chi connectivity index (χ1n) is 5.19. The van der Waals surface area contributed by atoms with Crippen LogP contribution >= 0.6 is 22.9 Å². The molecule has 0 bridgehead atoms. The molecule has 0 unspecified atom stereocenters. The number of alkyl halides is 3. The normalized spacial score (nSPS) is 13.3. The third-order valence-corrected chi connectivity index (χ3v) is 3.44. The summed E-state index contributed by atoms with van der Waals surface area (Å²) >= 11 is 7.25. The maximum Gasteiger partial charge on any atom is 0.573 e. The lowest BCUT2D eigenvalue weighted by Gasteiger charge is -2.14. The second-order valence-electron chi connectivity index (χ2n) is 3.77. The Kier molecular flexibility index (Phi) is 4.03. The van der Waals surface area contributed by atoms with Crippen molar-refractivity contribution in [3.8, 4) is 5.75 Å². The van der Waals surface area contributed by atoms with Crippen LogP contribution in [-0.4, -0.2) is 6.36 Å². The van der Waals surface area contributed by atoms with E-state index in [2.05, 4.69) is 4.74 Å². The monoisotopic (exact) mass is 307 g/mol. The average molecular weight is 308 g/mol. The zero-order valence-electron chi connectivity index (χ0n) is 9.45. The molecule has 0 amide bonds. The molecule has 102 valence electrons. The van der Waals surface area contributed by atoms with Crippen molar-refractivity contribution in [2.75, 3.05) is 0 Å². The summed E-state index contributed by atoms with van der Waals surface area (Å²) in [6.07, 6.45) is -4.76. The molecule has 0 aliphatic carbocycles. The van der Waals surface area contributed by atoms with E-state index >= 15 is 0 Å². The molecule has 1 heterocycles. The van der Waals surface area contributed by atoms with Gasteiger partial charge in [-0.15, -0.1) is 13.2 Å². The molecule has 2 rings (SSSR count). The quantitative estimate of drug-likeness (QED) is 0.915. The molecule has 0 saturated heterocycles. The predicted molar refractivity (Wildman–Crippen MR) is 68.5 cm³/mol. The van der Waals surface area contributed by atoms with Gasteiger partial charge in [-0.25, -0.2) is 0 Å². The van der Waals surface area contributed by atoms with Crippen molar-refractivity contribution in [1.29, 1.82) is 0 Å². The van der Waals surface area contributed by atoms with Gasteiger partial charge in [-0.1, -0.05) is 17.7 Å². The molecular weight excluding hydrogens is 299 g/mol. The molecular formula is C12H9ClF3NOS. The third kappa shape index (κ3) is 3.62. The highest BCUT2D eigenvalue weighted by Crippen LogP contribution is 2.33. The number of ether oxygens (including phenoxy) is 1. The molecule has 1 aromatic carbocycles. The Balaban J connectivity index is 2.24. The van der Waals surface area contributed by atoms with Crippen molar-refractivity contribution >= 4 is 22.9 Å². The summed E-state index contributed by atoms with van der Waals surface area (Å²) in [4.78, 5) is 0. The Labute approximate surface area is 116 Å². The minimum Gasteiger partial charge on any atom is -0.404 e. The van der Waals surface area contributed by atoms with Crippen LogP contribution in [0.1, 0.15) is 17.2 Å². The lowest BCUT2D eigenvalue weighted by Crippen LogP contribution is -2.17. The van der Waals surface area contributed by atoms with E-state index in [-0.39, 0.29) is 5.02 Å². The van der Waals surface area contributed by atoms with Crippen molar-refractivity contribution < 1.29 is 17.9 Å². The molecule has 2 aromatic rings. The van der Waals surface area contributed by atoms with E-state index < -0.39 is 18.2 Å². The van der Waals surface area contributed by atoms with Crippen LogP contribution in [0, 0.1) is 0 Å². The molecule has 0 aliphatic rings. The summed E-state index contributed by atoms with van der Waals surface area (Å²) < 4.78 is 40.1. The highest BCUT2D eigenvalue weighted by molar-refractivity contribution is 7.08. The smallest absolute Gasteiger partial charge is 0.404 e. The van der Waals surface area contributed by atoms with E-state index in [1.54, 1.807) is 0 Å². The van der Waals surface area contributed by atoms with Crippen LogP contribution in [0.4, 0.5) is 13.2 Å². The van der Waals surface area contributed by atoms with E-state index in [1.165, 1.54) is 23.5 Å². The summed E-state index contributed by atoms with van der Waals surface area (Å²) in [6, 6.07) is 5.43. The van der Waals surface area contributed by atoms with Gasteiger partial charge in [0.2, 0.25) is 0 Å². The second-order valence-corrected chi connectivity index (χ2v) is 4.96. The Morgan fingerprint density at radius 1 is 1.21 bits per heavy atom. The van der Waals surface area contributed by atoms with Crippen molar-refractivity contribution in [1.82, 2.24) is 0 Å². The number of rotatable bonds is 3. The minimum absolute atomic E-state index is 0.125. The van der Waals surface area contributed by atoms with Gasteiger partial charge in [0.15, 0.2) is 0 Å². The minimum atomic E-state index is -4.76. The van der Waals surface area contributed by atoms with Crippen molar-refractivity contribution in [3.05, 3.63) is 51.2 Å². The van der Waals surface area contributed by atoms with Crippen LogP contribution in [-0.2, 0) is 0 Å². The average Bonchev–Trinajstić information content (AvgIpc) is 2.82. The summed E-state index contributed by atoms with van der Waals surface area (Å²) in [5.74, 6) is -0.435. The molecule has 2 N–H and O–H groups in total. The summed E-state index contributed by atoms with van der Waals surface area (Å²) in [5.41, 5.74) is 7.50. The maximum absolute atomic E-state index is 12.1. The largest absolute Gasteiger partial charge is 0.573 e. The fourth-order valence-electron chi connectivity index (χ4n) is 1.56. The zero-order valence-corrected chi connectivity index (χ0v) is 11.0. The van der Waals surface area contributed by atoms with Crippen molar-refractivity contribution in [3.63, 3.8) is 0 Å². The van der Waals surface area contributed by atoms with E-state index in [0.717, 1.165) is 11.6 Å². The van der Waals surface area contributed by atoms with Crippen LogP contribution in [0.25, 0.3) is 0 Å². The summed E-state index contributed by atoms with van der Waals surface area (Å²) in [6.45, 7) is 0. The van der Waals surface area contributed by atoms with Crippen molar-refractivity contribution in [2.45, 2.75) is 12.4 Å². The zero-order chi connectivity index (χ0) is 14.0. The molecule has 19 heavy (non-hydrogen) atoms. The van der Waals surface area contributed by atoms with Crippen LogP contribution in [0.3, 0.4) is 0 Å². The molecule has 1 atom stereocenters. The lowest BCUT2D eigenvalue weighted by molar-refractivity contribution is -0.274. The van der Waals surface area contributed by atoms with Gasteiger partial charge in [0.25, 0.3) is 0 Å². The number of benzene rings is 1. The van der Waals surface area contributed by atoms with Crippen LogP contribution in [0.5, 0.6) is 5.75 Å². The first-order chi connectivity index (χ1) is 8.87. The van der Waals surface area contributed by atoms with Gasteiger partial charge in [-0.2, -0.15) is 11.3 Å². The molecule has 1 aromatic heterocycles. The van der Waals surface area contributed by atoms with Gasteiger partial charge < -0.3 is 10.5 Å². The topological polar surface area (TPSA) is 35.2 Å². The molecule has 0 radical (unpaired) electrons. The molecule has 2 nitrogen and oxygen atoms in total. The van der Waals surface area contributed by atoms with Gasteiger partial charge in [-0.3, -0.25) is 0 Å². The van der Waals surface area contributed by atoms with Gasteiger partial charge in [0.05, 0.1) is 11.1 Å². The second kappa shape index (κ2) is 5.40. The third-order valence-electron chi connectivity index (χ3n) is 2.44. The van der Waals surface area contributed by atoms with Crippen LogP contribution in [0.15, 0.2) is 35.0 Å². The van der Waals surface area contributed by atoms with Gasteiger partial charge in [0, 0.05) is 0 Å². The molecule has 0 fully saturated rings. The van der Waals surface area contributed by atoms with E-state index in [4.69, 9.17) is 17.3 Å². The van der Waals surface area contributed by atoms with Gasteiger partial charge in [0.1, 0.15) is 5.75 Å². The SMILES string of the molecule is N[C@H](c1ccsc1)c1ccc(OC(F)(F)F)c(Cl)c1. The number of hydrogen-bond donors (Lipinski definition) is 1.